The normalized spacial score (nSPS) is 11.9. The number of hydrogen-bond donors (Lipinski definition) is 2. The summed E-state index contributed by atoms with van der Waals surface area (Å²) in [6, 6.07) is 5.61. The molecule has 0 saturated carbocycles. The van der Waals surface area contributed by atoms with E-state index in [4.69, 9.17) is 9.47 Å². The number of para-hydroxylation sites is 2. The van der Waals surface area contributed by atoms with Gasteiger partial charge >= 0.3 is 12.1 Å². The molecule has 0 spiro atoms. The Morgan fingerprint density at radius 3 is 2.44 bits per heavy atom. The number of hydrogen-bond acceptors (Lipinski definition) is 7. The average molecular weight is 381 g/mol. The topological polar surface area (TPSA) is 137 Å². The first-order chi connectivity index (χ1) is 12.5. The molecule has 0 aromatic heterocycles. The van der Waals surface area contributed by atoms with Crippen LogP contribution in [0.25, 0.3) is 0 Å². The molecule has 0 fully saturated rings. The summed E-state index contributed by atoms with van der Waals surface area (Å²) in [5.74, 6) is -1.42. The highest BCUT2D eigenvalue weighted by Gasteiger charge is 2.22. The fraction of sp³-hybridized carbons (Fsp3) is 0.471. The van der Waals surface area contributed by atoms with E-state index in [0.717, 1.165) is 0 Å². The summed E-state index contributed by atoms with van der Waals surface area (Å²) in [4.78, 5) is 45.6. The fourth-order valence-electron chi connectivity index (χ4n) is 1.86. The summed E-state index contributed by atoms with van der Waals surface area (Å²) in [5.41, 5.74) is -0.926. The molecule has 27 heavy (non-hydrogen) atoms. The predicted molar refractivity (Wildman–Crippen MR) is 96.1 cm³/mol. The summed E-state index contributed by atoms with van der Waals surface area (Å²) in [5, 5.41) is 15.7. The van der Waals surface area contributed by atoms with E-state index in [1.807, 2.05) is 0 Å². The van der Waals surface area contributed by atoms with Gasteiger partial charge in [0.2, 0.25) is 0 Å². The monoisotopic (exact) mass is 381 g/mol. The summed E-state index contributed by atoms with van der Waals surface area (Å²) in [6.07, 6.45) is -2.00. The molecule has 1 unspecified atom stereocenters. The first-order valence-electron chi connectivity index (χ1n) is 8.20. The van der Waals surface area contributed by atoms with Gasteiger partial charge in [0.05, 0.1) is 11.3 Å². The zero-order valence-electron chi connectivity index (χ0n) is 15.6. The lowest BCUT2D eigenvalue weighted by Gasteiger charge is -2.19. The SMILES string of the molecule is CC(OC(=O)CCNC(=O)OC(C)(C)C)C(=O)Nc1ccccc1[N+](=O)[O-]. The van der Waals surface area contributed by atoms with Gasteiger partial charge in [0.25, 0.3) is 11.6 Å². The van der Waals surface area contributed by atoms with Gasteiger partial charge in [-0.3, -0.25) is 19.7 Å². The van der Waals surface area contributed by atoms with Crippen LogP contribution in [0.1, 0.15) is 34.1 Å². The second-order valence-corrected chi connectivity index (χ2v) is 6.57. The van der Waals surface area contributed by atoms with Crippen molar-refractivity contribution in [2.75, 3.05) is 11.9 Å². The molecule has 0 aliphatic carbocycles. The number of esters is 1. The summed E-state index contributed by atoms with van der Waals surface area (Å²) in [6.45, 7) is 6.43. The highest BCUT2D eigenvalue weighted by Crippen LogP contribution is 2.23. The van der Waals surface area contributed by atoms with Crippen LogP contribution in [0.4, 0.5) is 16.2 Å². The second-order valence-electron chi connectivity index (χ2n) is 6.57. The minimum absolute atomic E-state index is 0.00184. The van der Waals surface area contributed by atoms with E-state index >= 15 is 0 Å². The first kappa shape index (κ1) is 21.9. The molecule has 10 nitrogen and oxygen atoms in total. The standard InChI is InChI=1S/C17H23N3O7/c1-11(15(22)19-12-7-5-6-8-13(12)20(24)25)26-14(21)9-10-18-16(23)27-17(2,3)4/h5-8,11H,9-10H2,1-4H3,(H,18,23)(H,19,22). The number of rotatable bonds is 7. The van der Waals surface area contributed by atoms with E-state index in [-0.39, 0.29) is 24.3 Å². The predicted octanol–water partition coefficient (Wildman–Crippen LogP) is 2.38. The summed E-state index contributed by atoms with van der Waals surface area (Å²) < 4.78 is 9.97. The van der Waals surface area contributed by atoms with Crippen molar-refractivity contribution in [2.24, 2.45) is 0 Å². The van der Waals surface area contributed by atoms with Gasteiger partial charge in [-0.1, -0.05) is 12.1 Å². The molecule has 1 aromatic rings. The third-order valence-electron chi connectivity index (χ3n) is 3.03. The van der Waals surface area contributed by atoms with Crippen LogP contribution in [0.2, 0.25) is 0 Å². The van der Waals surface area contributed by atoms with Crippen LogP contribution in [0, 0.1) is 10.1 Å². The minimum atomic E-state index is -1.17. The molecular weight excluding hydrogens is 358 g/mol. The van der Waals surface area contributed by atoms with Crippen LogP contribution in [0.15, 0.2) is 24.3 Å². The van der Waals surface area contributed by atoms with Crippen molar-refractivity contribution in [3.63, 3.8) is 0 Å². The number of nitro benzene ring substituents is 1. The Bertz CT molecular complexity index is 713. The maximum absolute atomic E-state index is 12.1. The minimum Gasteiger partial charge on any atom is -0.452 e. The van der Waals surface area contributed by atoms with Crippen molar-refractivity contribution < 1.29 is 28.8 Å². The lowest BCUT2D eigenvalue weighted by atomic mass is 10.2. The molecule has 0 bridgehead atoms. The Morgan fingerprint density at radius 1 is 1.22 bits per heavy atom. The van der Waals surface area contributed by atoms with Crippen molar-refractivity contribution in [2.45, 2.75) is 45.8 Å². The first-order valence-corrected chi connectivity index (χ1v) is 8.20. The van der Waals surface area contributed by atoms with Crippen molar-refractivity contribution >= 4 is 29.3 Å². The Kier molecular flexibility index (Phi) is 7.70. The molecule has 2 N–H and O–H groups in total. The molecule has 0 radical (unpaired) electrons. The van der Waals surface area contributed by atoms with Crippen molar-refractivity contribution in [1.29, 1.82) is 0 Å². The lowest BCUT2D eigenvalue weighted by molar-refractivity contribution is -0.383. The van der Waals surface area contributed by atoms with Gasteiger partial charge in [0.1, 0.15) is 11.3 Å². The Hall–Kier alpha value is -3.17. The quantitative estimate of drug-likeness (QED) is 0.420. The molecule has 1 rings (SSSR count). The van der Waals surface area contributed by atoms with E-state index in [9.17, 15) is 24.5 Å². The number of carbonyl (C=O) groups is 3. The molecule has 0 heterocycles. The van der Waals surface area contributed by atoms with Gasteiger partial charge in [-0.25, -0.2) is 4.79 Å². The smallest absolute Gasteiger partial charge is 0.407 e. The van der Waals surface area contributed by atoms with Gasteiger partial charge in [-0.15, -0.1) is 0 Å². The molecular formula is C17H23N3O7. The maximum atomic E-state index is 12.1. The van der Waals surface area contributed by atoms with Crippen LogP contribution in [-0.4, -0.2) is 41.1 Å². The van der Waals surface area contributed by atoms with Gasteiger partial charge in [-0.05, 0) is 33.8 Å². The number of alkyl carbamates (subject to hydrolysis) is 1. The molecule has 148 valence electrons. The van der Waals surface area contributed by atoms with E-state index in [2.05, 4.69) is 10.6 Å². The third kappa shape index (κ3) is 8.17. The zero-order valence-corrected chi connectivity index (χ0v) is 15.6. The largest absolute Gasteiger partial charge is 0.452 e. The van der Waals surface area contributed by atoms with Gasteiger partial charge in [0, 0.05) is 12.6 Å². The number of nitrogens with one attached hydrogen (secondary N) is 2. The average Bonchev–Trinajstić information content (AvgIpc) is 2.53. The van der Waals surface area contributed by atoms with Crippen molar-refractivity contribution in [3.8, 4) is 0 Å². The maximum Gasteiger partial charge on any atom is 0.407 e. The van der Waals surface area contributed by atoms with Crippen LogP contribution in [0.5, 0.6) is 0 Å². The lowest BCUT2D eigenvalue weighted by Crippen LogP contribution is -2.35. The summed E-state index contributed by atoms with van der Waals surface area (Å²) >= 11 is 0. The summed E-state index contributed by atoms with van der Waals surface area (Å²) in [7, 11) is 0. The Labute approximate surface area is 156 Å². The molecule has 10 heteroatoms. The number of anilines is 1. The fourth-order valence-corrected chi connectivity index (χ4v) is 1.86. The molecule has 0 saturated heterocycles. The van der Waals surface area contributed by atoms with Gasteiger partial charge < -0.3 is 20.1 Å². The van der Waals surface area contributed by atoms with E-state index in [1.165, 1.54) is 31.2 Å². The van der Waals surface area contributed by atoms with E-state index in [0.29, 0.717) is 0 Å². The number of nitro groups is 1. The van der Waals surface area contributed by atoms with E-state index in [1.54, 1.807) is 20.8 Å². The molecule has 1 aromatic carbocycles. The molecule has 0 aliphatic rings. The number of benzene rings is 1. The van der Waals surface area contributed by atoms with Crippen LogP contribution in [-0.2, 0) is 19.1 Å². The van der Waals surface area contributed by atoms with Crippen molar-refractivity contribution in [1.82, 2.24) is 5.32 Å². The van der Waals surface area contributed by atoms with Crippen LogP contribution < -0.4 is 10.6 Å². The van der Waals surface area contributed by atoms with Crippen LogP contribution in [0.3, 0.4) is 0 Å². The third-order valence-corrected chi connectivity index (χ3v) is 3.03. The molecule has 2 amide bonds. The highest BCUT2D eigenvalue weighted by molar-refractivity contribution is 5.96. The number of amides is 2. The molecule has 0 aliphatic heterocycles. The number of nitrogens with zero attached hydrogens (tertiary/aromatic N) is 1. The highest BCUT2D eigenvalue weighted by atomic mass is 16.6. The number of ether oxygens (including phenoxy) is 2. The zero-order chi connectivity index (χ0) is 20.6. The Morgan fingerprint density at radius 2 is 1.85 bits per heavy atom. The van der Waals surface area contributed by atoms with Crippen LogP contribution >= 0.6 is 0 Å². The van der Waals surface area contributed by atoms with Gasteiger partial charge in [0.15, 0.2) is 6.10 Å². The van der Waals surface area contributed by atoms with Crippen molar-refractivity contribution in [3.05, 3.63) is 34.4 Å². The number of carbonyl (C=O) groups excluding carboxylic acids is 3. The van der Waals surface area contributed by atoms with Gasteiger partial charge in [-0.2, -0.15) is 0 Å². The second kappa shape index (κ2) is 9.51. The Balaban J connectivity index is 2.46. The van der Waals surface area contributed by atoms with E-state index < -0.39 is 34.6 Å². The molecule has 1 atom stereocenters.